The molecule has 1 heterocycles. The van der Waals surface area contributed by atoms with Gasteiger partial charge < -0.3 is 15.4 Å². The minimum atomic E-state index is -0.653. The molecule has 0 aromatic heterocycles. The summed E-state index contributed by atoms with van der Waals surface area (Å²) in [4.78, 5) is 25.0. The number of hydrogen-bond donors (Lipinski definition) is 2. The van der Waals surface area contributed by atoms with Crippen LogP contribution >= 0.6 is 23.5 Å². The standard InChI is InChI=1S/C16H22N2O3S2/c1-21-16(6-8-23-9-7-16)11-17-14(19)15(20)18-12-4-3-5-13(10-12)22-2/h3-5,10H,6-9,11H2,1-2H3,(H,17,19)(H,18,20). The van der Waals surface area contributed by atoms with E-state index in [1.165, 1.54) is 0 Å². The van der Waals surface area contributed by atoms with E-state index in [2.05, 4.69) is 10.6 Å². The summed E-state index contributed by atoms with van der Waals surface area (Å²) in [6, 6.07) is 7.40. The van der Waals surface area contributed by atoms with Crippen LogP contribution in [0.4, 0.5) is 5.69 Å². The van der Waals surface area contributed by atoms with E-state index in [-0.39, 0.29) is 5.60 Å². The van der Waals surface area contributed by atoms with Gasteiger partial charge in [-0.1, -0.05) is 6.07 Å². The third-order valence-corrected chi connectivity index (χ3v) is 5.65. The van der Waals surface area contributed by atoms with Crippen LogP contribution in [0.5, 0.6) is 0 Å². The maximum absolute atomic E-state index is 12.0. The molecule has 23 heavy (non-hydrogen) atoms. The first kappa shape index (κ1) is 18.2. The van der Waals surface area contributed by atoms with Crippen molar-refractivity contribution in [2.75, 3.05) is 36.7 Å². The van der Waals surface area contributed by atoms with Crippen molar-refractivity contribution >= 4 is 41.0 Å². The molecule has 7 heteroatoms. The Morgan fingerprint density at radius 1 is 1.30 bits per heavy atom. The Kier molecular flexibility index (Phi) is 6.80. The van der Waals surface area contributed by atoms with E-state index < -0.39 is 11.8 Å². The second-order valence-corrected chi connectivity index (χ2v) is 7.47. The van der Waals surface area contributed by atoms with Crippen LogP contribution in [0, 0.1) is 0 Å². The first-order valence-electron chi connectivity index (χ1n) is 7.45. The van der Waals surface area contributed by atoms with Crippen molar-refractivity contribution in [3.8, 4) is 0 Å². The predicted molar refractivity (Wildman–Crippen MR) is 96.2 cm³/mol. The molecule has 0 radical (unpaired) electrons. The van der Waals surface area contributed by atoms with Gasteiger partial charge in [0.25, 0.3) is 0 Å². The minimum absolute atomic E-state index is 0.347. The number of anilines is 1. The van der Waals surface area contributed by atoms with Crippen LogP contribution in [0.1, 0.15) is 12.8 Å². The highest BCUT2D eigenvalue weighted by Crippen LogP contribution is 2.29. The fourth-order valence-corrected chi connectivity index (χ4v) is 4.10. The van der Waals surface area contributed by atoms with Crippen molar-refractivity contribution < 1.29 is 14.3 Å². The smallest absolute Gasteiger partial charge is 0.313 e. The van der Waals surface area contributed by atoms with Crippen LogP contribution in [0.3, 0.4) is 0 Å². The summed E-state index contributed by atoms with van der Waals surface area (Å²) < 4.78 is 5.59. The van der Waals surface area contributed by atoms with Crippen LogP contribution in [-0.2, 0) is 14.3 Å². The molecule has 0 unspecified atom stereocenters. The maximum Gasteiger partial charge on any atom is 0.313 e. The highest BCUT2D eigenvalue weighted by atomic mass is 32.2. The average Bonchev–Trinajstić information content (AvgIpc) is 2.60. The molecule has 0 atom stereocenters. The Morgan fingerprint density at radius 2 is 2.04 bits per heavy atom. The second kappa shape index (κ2) is 8.61. The number of carbonyl (C=O) groups excluding carboxylic acids is 2. The van der Waals surface area contributed by atoms with Gasteiger partial charge in [-0.2, -0.15) is 11.8 Å². The summed E-state index contributed by atoms with van der Waals surface area (Å²) in [7, 11) is 1.66. The zero-order valence-electron chi connectivity index (χ0n) is 13.4. The zero-order valence-corrected chi connectivity index (χ0v) is 15.0. The number of rotatable bonds is 5. The first-order chi connectivity index (χ1) is 11.1. The van der Waals surface area contributed by atoms with E-state index in [0.717, 1.165) is 29.2 Å². The second-order valence-electron chi connectivity index (χ2n) is 5.37. The lowest BCUT2D eigenvalue weighted by molar-refractivity contribution is -0.137. The molecular formula is C16H22N2O3S2. The quantitative estimate of drug-likeness (QED) is 0.628. The molecule has 126 valence electrons. The highest BCUT2D eigenvalue weighted by molar-refractivity contribution is 7.99. The summed E-state index contributed by atoms with van der Waals surface area (Å²) in [5.74, 6) is 0.739. The number of amides is 2. The molecule has 0 saturated carbocycles. The maximum atomic E-state index is 12.0. The van der Waals surface area contributed by atoms with Gasteiger partial charge in [0.15, 0.2) is 0 Å². The van der Waals surface area contributed by atoms with Crippen molar-refractivity contribution in [1.82, 2.24) is 5.32 Å². The SMILES string of the molecule is COC1(CNC(=O)C(=O)Nc2cccc(SC)c2)CCSCC1. The molecule has 1 fully saturated rings. The van der Waals surface area contributed by atoms with Gasteiger partial charge in [0.05, 0.1) is 5.60 Å². The average molecular weight is 354 g/mol. The number of hydrogen-bond acceptors (Lipinski definition) is 5. The molecular weight excluding hydrogens is 332 g/mol. The third-order valence-electron chi connectivity index (χ3n) is 3.94. The third kappa shape index (κ3) is 5.16. The van der Waals surface area contributed by atoms with Gasteiger partial charge in [-0.25, -0.2) is 0 Å². The summed E-state index contributed by atoms with van der Waals surface area (Å²) >= 11 is 3.46. The van der Waals surface area contributed by atoms with Gasteiger partial charge in [-0.3, -0.25) is 9.59 Å². The summed E-state index contributed by atoms with van der Waals surface area (Å²) in [5, 5.41) is 5.33. The highest BCUT2D eigenvalue weighted by Gasteiger charge is 2.33. The van der Waals surface area contributed by atoms with Gasteiger partial charge in [-0.15, -0.1) is 11.8 Å². The van der Waals surface area contributed by atoms with Crippen LogP contribution in [-0.4, -0.2) is 48.8 Å². The number of carbonyl (C=O) groups is 2. The van der Waals surface area contributed by atoms with Crippen molar-refractivity contribution in [2.45, 2.75) is 23.3 Å². The van der Waals surface area contributed by atoms with E-state index in [1.54, 1.807) is 24.9 Å². The molecule has 0 bridgehead atoms. The van der Waals surface area contributed by atoms with Gasteiger partial charge in [0.2, 0.25) is 0 Å². The minimum Gasteiger partial charge on any atom is -0.376 e. The number of benzene rings is 1. The molecule has 1 aromatic rings. The number of nitrogens with one attached hydrogen (secondary N) is 2. The van der Waals surface area contributed by atoms with Crippen LogP contribution < -0.4 is 10.6 Å². The predicted octanol–water partition coefficient (Wildman–Crippen LogP) is 2.38. The Balaban J connectivity index is 1.88. The number of ether oxygens (including phenoxy) is 1. The Morgan fingerprint density at radius 3 is 2.70 bits per heavy atom. The van der Waals surface area contributed by atoms with Crippen molar-refractivity contribution in [2.24, 2.45) is 0 Å². The lowest BCUT2D eigenvalue weighted by atomic mass is 9.96. The Hall–Kier alpha value is -1.18. The van der Waals surface area contributed by atoms with E-state index in [1.807, 2.05) is 36.2 Å². The zero-order chi connectivity index (χ0) is 16.7. The van der Waals surface area contributed by atoms with E-state index in [0.29, 0.717) is 12.2 Å². The first-order valence-corrected chi connectivity index (χ1v) is 9.83. The lowest BCUT2D eigenvalue weighted by Crippen LogP contribution is -2.49. The van der Waals surface area contributed by atoms with Gasteiger partial charge in [-0.05, 0) is 48.8 Å². The van der Waals surface area contributed by atoms with Gasteiger partial charge in [0.1, 0.15) is 0 Å². The summed E-state index contributed by atoms with van der Waals surface area (Å²) in [6.45, 7) is 0.362. The van der Waals surface area contributed by atoms with Gasteiger partial charge >= 0.3 is 11.8 Å². The molecule has 1 aromatic carbocycles. The fourth-order valence-electron chi connectivity index (χ4n) is 2.41. The molecule has 1 aliphatic heterocycles. The normalized spacial score (nSPS) is 16.6. The Bertz CT molecular complexity index is 560. The lowest BCUT2D eigenvalue weighted by Gasteiger charge is -2.35. The van der Waals surface area contributed by atoms with Crippen LogP contribution in [0.25, 0.3) is 0 Å². The molecule has 5 nitrogen and oxygen atoms in total. The van der Waals surface area contributed by atoms with E-state index in [4.69, 9.17) is 4.74 Å². The van der Waals surface area contributed by atoms with Crippen molar-refractivity contribution in [3.63, 3.8) is 0 Å². The molecule has 1 saturated heterocycles. The molecule has 0 spiro atoms. The summed E-state index contributed by atoms with van der Waals surface area (Å²) in [5.41, 5.74) is 0.271. The monoisotopic (exact) mass is 354 g/mol. The molecule has 2 rings (SSSR count). The van der Waals surface area contributed by atoms with Gasteiger partial charge in [0, 0.05) is 24.2 Å². The number of thioether (sulfide) groups is 2. The largest absolute Gasteiger partial charge is 0.376 e. The fraction of sp³-hybridized carbons (Fsp3) is 0.500. The topological polar surface area (TPSA) is 67.4 Å². The summed E-state index contributed by atoms with van der Waals surface area (Å²) in [6.07, 6.45) is 3.72. The van der Waals surface area contributed by atoms with Crippen LogP contribution in [0.2, 0.25) is 0 Å². The molecule has 0 aliphatic carbocycles. The van der Waals surface area contributed by atoms with Crippen molar-refractivity contribution in [3.05, 3.63) is 24.3 Å². The molecule has 2 amide bonds. The van der Waals surface area contributed by atoms with Crippen LogP contribution in [0.15, 0.2) is 29.2 Å². The molecule has 2 N–H and O–H groups in total. The van der Waals surface area contributed by atoms with E-state index >= 15 is 0 Å². The van der Waals surface area contributed by atoms with Crippen molar-refractivity contribution in [1.29, 1.82) is 0 Å². The Labute approximate surface area is 145 Å². The van der Waals surface area contributed by atoms with E-state index in [9.17, 15) is 9.59 Å². The number of methoxy groups -OCH3 is 1. The molecule has 1 aliphatic rings.